The second-order valence-corrected chi connectivity index (χ2v) is 6.52. The number of rotatable bonds is 4. The van der Waals surface area contributed by atoms with Crippen molar-refractivity contribution in [3.8, 4) is 0 Å². The van der Waals surface area contributed by atoms with Crippen molar-refractivity contribution in [3.63, 3.8) is 0 Å². The minimum absolute atomic E-state index is 0.0923. The van der Waals surface area contributed by atoms with E-state index in [0.717, 1.165) is 0 Å². The summed E-state index contributed by atoms with van der Waals surface area (Å²) in [5.41, 5.74) is 1.33. The highest BCUT2D eigenvalue weighted by atomic mass is 16.2. The molecule has 0 spiro atoms. The van der Waals surface area contributed by atoms with E-state index in [1.165, 1.54) is 6.07 Å². The molecule has 3 heterocycles. The normalized spacial score (nSPS) is 17.4. The Labute approximate surface area is 144 Å². The van der Waals surface area contributed by atoms with Crippen LogP contribution in [0, 0.1) is 0 Å². The predicted octanol–water partition coefficient (Wildman–Crippen LogP) is 0.767. The first kappa shape index (κ1) is 16.9. The average molecular weight is 343 g/mol. The van der Waals surface area contributed by atoms with E-state index in [-0.39, 0.29) is 22.9 Å². The van der Waals surface area contributed by atoms with Gasteiger partial charge in [-0.3, -0.25) is 19.1 Å². The van der Waals surface area contributed by atoms with E-state index in [1.807, 2.05) is 13.8 Å². The zero-order valence-corrected chi connectivity index (χ0v) is 14.4. The van der Waals surface area contributed by atoms with Crippen molar-refractivity contribution in [2.45, 2.75) is 32.2 Å². The molecule has 8 heteroatoms. The maximum Gasteiger partial charge on any atom is 0.252 e. The van der Waals surface area contributed by atoms with Gasteiger partial charge in [0.15, 0.2) is 0 Å². The number of hydrogen-bond donors (Lipinski definition) is 2. The maximum absolute atomic E-state index is 12.5. The van der Waals surface area contributed by atoms with Gasteiger partial charge < -0.3 is 15.2 Å². The average Bonchev–Trinajstić information content (AvgIpc) is 3.13. The highest BCUT2D eigenvalue weighted by molar-refractivity contribution is 6.03. The fourth-order valence-electron chi connectivity index (χ4n) is 2.87. The van der Waals surface area contributed by atoms with E-state index in [0.29, 0.717) is 24.3 Å². The second-order valence-electron chi connectivity index (χ2n) is 6.52. The fourth-order valence-corrected chi connectivity index (χ4v) is 2.87. The van der Waals surface area contributed by atoms with Crippen LogP contribution in [0.25, 0.3) is 0 Å². The van der Waals surface area contributed by atoms with Crippen molar-refractivity contribution >= 4 is 17.5 Å². The molecule has 3 rings (SSSR count). The molecule has 0 aliphatic carbocycles. The van der Waals surface area contributed by atoms with Gasteiger partial charge >= 0.3 is 0 Å². The molecule has 2 N–H and O–H groups in total. The number of anilines is 1. The summed E-state index contributed by atoms with van der Waals surface area (Å²) in [6, 6.07) is 2.30. The number of aromatic amines is 1. The monoisotopic (exact) mass is 343 g/mol. The van der Waals surface area contributed by atoms with E-state index in [4.69, 9.17) is 0 Å². The number of carbonyl (C=O) groups excluding carboxylic acids is 2. The van der Waals surface area contributed by atoms with Gasteiger partial charge in [-0.1, -0.05) is 13.8 Å². The van der Waals surface area contributed by atoms with Gasteiger partial charge in [0.25, 0.3) is 5.91 Å². The molecule has 2 aromatic rings. The van der Waals surface area contributed by atoms with E-state index < -0.39 is 11.9 Å². The highest BCUT2D eigenvalue weighted by Crippen LogP contribution is 2.21. The number of nitrogens with zero attached hydrogens (tertiary/aromatic N) is 3. The summed E-state index contributed by atoms with van der Waals surface area (Å²) in [5, 5.41) is 6.80. The number of pyridine rings is 1. The number of hydrogen-bond acceptors (Lipinski definition) is 4. The van der Waals surface area contributed by atoms with Crippen molar-refractivity contribution in [3.05, 3.63) is 46.1 Å². The first-order valence-corrected chi connectivity index (χ1v) is 8.20. The van der Waals surface area contributed by atoms with Crippen LogP contribution in [0.15, 0.2) is 29.3 Å². The largest absolute Gasteiger partial charge is 0.340 e. The van der Waals surface area contributed by atoms with Crippen LogP contribution < -0.4 is 15.8 Å². The molecular weight excluding hydrogens is 322 g/mol. The Morgan fingerprint density at radius 2 is 2.12 bits per heavy atom. The third kappa shape index (κ3) is 3.47. The van der Waals surface area contributed by atoms with Crippen molar-refractivity contribution in [2.24, 2.45) is 7.05 Å². The van der Waals surface area contributed by atoms with Gasteiger partial charge in [0, 0.05) is 37.1 Å². The van der Waals surface area contributed by atoms with Gasteiger partial charge in [0.2, 0.25) is 11.5 Å². The van der Waals surface area contributed by atoms with E-state index in [1.54, 1.807) is 35.1 Å². The van der Waals surface area contributed by atoms with Crippen molar-refractivity contribution in [2.75, 3.05) is 11.4 Å². The van der Waals surface area contributed by atoms with Crippen LogP contribution in [-0.4, -0.2) is 39.2 Å². The zero-order chi connectivity index (χ0) is 18.1. The molecule has 1 atom stereocenters. The van der Waals surface area contributed by atoms with Crippen LogP contribution in [0.1, 0.15) is 42.2 Å². The number of carbonyl (C=O) groups is 2. The highest BCUT2D eigenvalue weighted by Gasteiger charge is 2.34. The summed E-state index contributed by atoms with van der Waals surface area (Å²) in [6.07, 6.45) is 3.89. The van der Waals surface area contributed by atoms with Crippen LogP contribution in [0.5, 0.6) is 0 Å². The summed E-state index contributed by atoms with van der Waals surface area (Å²) < 4.78 is 1.62. The lowest BCUT2D eigenvalue weighted by Gasteiger charge is -2.15. The molecule has 0 bridgehead atoms. The quantitative estimate of drug-likeness (QED) is 0.856. The third-order valence-electron chi connectivity index (χ3n) is 4.26. The molecule has 8 nitrogen and oxygen atoms in total. The fraction of sp³-hybridized carbons (Fsp3) is 0.412. The summed E-state index contributed by atoms with van der Waals surface area (Å²) >= 11 is 0. The van der Waals surface area contributed by atoms with E-state index in [9.17, 15) is 14.4 Å². The summed E-state index contributed by atoms with van der Waals surface area (Å²) in [4.78, 5) is 41.1. The van der Waals surface area contributed by atoms with Crippen LogP contribution in [0.3, 0.4) is 0 Å². The van der Waals surface area contributed by atoms with Gasteiger partial charge in [-0.05, 0) is 18.4 Å². The molecule has 0 unspecified atom stereocenters. The summed E-state index contributed by atoms with van der Waals surface area (Å²) in [5.74, 6) is -0.496. The molecular formula is C17H21N5O3. The second kappa shape index (κ2) is 6.54. The molecule has 1 fully saturated rings. The van der Waals surface area contributed by atoms with Crippen LogP contribution in [0.4, 0.5) is 5.69 Å². The van der Waals surface area contributed by atoms with Crippen LogP contribution in [-0.2, 0) is 11.8 Å². The van der Waals surface area contributed by atoms with Gasteiger partial charge in [0.05, 0.1) is 11.9 Å². The standard InChI is InChI=1S/C17H21N5O3/c1-10(2)14-6-11(7-15(23)19-14)16(24)20-13-4-5-22(17(13)25)12-8-18-21(3)9-12/h6-10,13H,4-5H2,1-3H3,(H,19,23)(H,20,24)/t13-/m1/s1. The molecule has 2 amide bonds. The molecule has 132 valence electrons. The molecule has 1 saturated heterocycles. The minimum Gasteiger partial charge on any atom is -0.340 e. The Bertz CT molecular complexity index is 867. The number of aromatic nitrogens is 3. The molecule has 1 aliphatic heterocycles. The number of amides is 2. The number of nitrogens with one attached hydrogen (secondary N) is 2. The van der Waals surface area contributed by atoms with Gasteiger partial charge in [0.1, 0.15) is 6.04 Å². The Morgan fingerprint density at radius 1 is 1.36 bits per heavy atom. The van der Waals surface area contributed by atoms with Crippen molar-refractivity contribution in [1.82, 2.24) is 20.1 Å². The van der Waals surface area contributed by atoms with Crippen LogP contribution >= 0.6 is 0 Å². The molecule has 0 radical (unpaired) electrons. The van der Waals surface area contributed by atoms with E-state index >= 15 is 0 Å². The Balaban J connectivity index is 1.74. The summed E-state index contributed by atoms with van der Waals surface area (Å²) in [7, 11) is 1.78. The molecule has 1 aliphatic rings. The predicted molar refractivity (Wildman–Crippen MR) is 92.6 cm³/mol. The molecule has 25 heavy (non-hydrogen) atoms. The van der Waals surface area contributed by atoms with Crippen molar-refractivity contribution < 1.29 is 9.59 Å². The zero-order valence-electron chi connectivity index (χ0n) is 14.4. The molecule has 0 aromatic carbocycles. The molecule has 0 saturated carbocycles. The molecule has 2 aromatic heterocycles. The number of H-pyrrole nitrogens is 1. The van der Waals surface area contributed by atoms with Crippen LogP contribution in [0.2, 0.25) is 0 Å². The lowest BCUT2D eigenvalue weighted by atomic mass is 10.1. The lowest BCUT2D eigenvalue weighted by Crippen LogP contribution is -2.41. The Kier molecular flexibility index (Phi) is 4.43. The Hall–Kier alpha value is -2.90. The van der Waals surface area contributed by atoms with Gasteiger partial charge in [-0.25, -0.2) is 0 Å². The first-order chi connectivity index (χ1) is 11.8. The first-order valence-electron chi connectivity index (χ1n) is 8.20. The smallest absolute Gasteiger partial charge is 0.252 e. The third-order valence-corrected chi connectivity index (χ3v) is 4.26. The van der Waals surface area contributed by atoms with Gasteiger partial charge in [-0.15, -0.1) is 0 Å². The Morgan fingerprint density at radius 3 is 2.76 bits per heavy atom. The van der Waals surface area contributed by atoms with Gasteiger partial charge in [-0.2, -0.15) is 5.10 Å². The SMILES string of the molecule is CC(C)c1cc(C(=O)N[C@@H]2CCN(c3cnn(C)c3)C2=O)cc(=O)[nH]1. The minimum atomic E-state index is -0.602. The number of aryl methyl sites for hydroxylation is 1. The topological polar surface area (TPSA) is 100 Å². The lowest BCUT2D eigenvalue weighted by molar-refractivity contribution is -0.118. The van der Waals surface area contributed by atoms with E-state index in [2.05, 4.69) is 15.4 Å². The summed E-state index contributed by atoms with van der Waals surface area (Å²) in [6.45, 7) is 4.38. The maximum atomic E-state index is 12.5. The van der Waals surface area contributed by atoms with Crippen molar-refractivity contribution in [1.29, 1.82) is 0 Å².